The number of amides is 1. The lowest BCUT2D eigenvalue weighted by Crippen LogP contribution is -2.31. The molecule has 6 heteroatoms. The van der Waals surface area contributed by atoms with Crippen molar-refractivity contribution < 1.29 is 4.79 Å². The largest absolute Gasteiger partial charge is 0.338 e. The lowest BCUT2D eigenvalue weighted by Gasteiger charge is -2.23. The van der Waals surface area contributed by atoms with Crippen LogP contribution in [0.15, 0.2) is 36.5 Å². The van der Waals surface area contributed by atoms with E-state index in [-0.39, 0.29) is 23.9 Å². The van der Waals surface area contributed by atoms with E-state index in [2.05, 4.69) is 57.1 Å². The molecule has 1 aromatic heterocycles. The summed E-state index contributed by atoms with van der Waals surface area (Å²) in [6.45, 7) is 10.4. The summed E-state index contributed by atoms with van der Waals surface area (Å²) in [6.07, 6.45) is 2.52. The third-order valence-electron chi connectivity index (χ3n) is 5.33. The molecule has 0 bridgehead atoms. The number of carbonyl (C=O) groups excluding carboxylic acids is 1. The van der Waals surface area contributed by atoms with Crippen molar-refractivity contribution in [2.75, 3.05) is 19.6 Å². The van der Waals surface area contributed by atoms with Gasteiger partial charge in [-0.1, -0.05) is 37.3 Å². The Morgan fingerprint density at radius 2 is 1.89 bits per heavy atom. The molecule has 2 atom stereocenters. The lowest BCUT2D eigenvalue weighted by molar-refractivity contribution is 0.0785. The van der Waals surface area contributed by atoms with Gasteiger partial charge in [0.1, 0.15) is 0 Å². The SMILES string of the molecule is CCc1c(C(=O)N2C[C@@H](CN)[C@H](c3ccccc3)C2)cnn1C(C)(C)C.Cl. The molecule has 0 spiro atoms. The van der Waals surface area contributed by atoms with Gasteiger partial charge < -0.3 is 10.6 Å². The van der Waals surface area contributed by atoms with E-state index < -0.39 is 0 Å². The van der Waals surface area contributed by atoms with Crippen LogP contribution >= 0.6 is 12.4 Å². The number of halogens is 1. The third-order valence-corrected chi connectivity index (χ3v) is 5.33. The second-order valence-corrected chi connectivity index (χ2v) is 8.16. The Bertz CT molecular complexity index is 766. The van der Waals surface area contributed by atoms with Gasteiger partial charge in [0.15, 0.2) is 0 Å². The smallest absolute Gasteiger partial charge is 0.257 e. The van der Waals surface area contributed by atoms with E-state index in [1.165, 1.54) is 5.56 Å². The van der Waals surface area contributed by atoms with E-state index in [0.29, 0.717) is 31.5 Å². The minimum absolute atomic E-state index is 0. The standard InChI is InChI=1S/C21H30N4O.ClH/c1-5-19-17(12-23-25(19)21(2,3)4)20(26)24-13-16(11-22)18(14-24)15-9-7-6-8-10-15;/h6-10,12,16,18H,5,11,13-14,22H2,1-4H3;1H/t16-,18+;/m1./s1. The molecule has 0 aliphatic carbocycles. The Hall–Kier alpha value is -1.85. The molecule has 0 saturated carbocycles. The number of aromatic nitrogens is 2. The molecule has 1 amide bonds. The Balaban J connectivity index is 0.00000261. The second kappa shape index (κ2) is 8.44. The van der Waals surface area contributed by atoms with Crippen LogP contribution < -0.4 is 5.73 Å². The van der Waals surface area contributed by atoms with Gasteiger partial charge in [-0.25, -0.2) is 0 Å². The minimum atomic E-state index is -0.138. The van der Waals surface area contributed by atoms with Gasteiger partial charge in [-0.15, -0.1) is 12.4 Å². The number of carbonyl (C=O) groups is 1. The zero-order valence-electron chi connectivity index (χ0n) is 16.7. The van der Waals surface area contributed by atoms with Crippen LogP contribution in [-0.2, 0) is 12.0 Å². The van der Waals surface area contributed by atoms with Crippen LogP contribution in [0.1, 0.15) is 55.2 Å². The quantitative estimate of drug-likeness (QED) is 0.869. The Morgan fingerprint density at radius 1 is 1.22 bits per heavy atom. The van der Waals surface area contributed by atoms with Crippen molar-refractivity contribution in [2.45, 2.75) is 45.6 Å². The normalized spacial score (nSPS) is 19.8. The molecule has 2 N–H and O–H groups in total. The van der Waals surface area contributed by atoms with Crippen LogP contribution in [0.2, 0.25) is 0 Å². The maximum Gasteiger partial charge on any atom is 0.257 e. The highest BCUT2D eigenvalue weighted by Crippen LogP contribution is 2.33. The average molecular weight is 391 g/mol. The van der Waals surface area contributed by atoms with Crippen molar-refractivity contribution in [1.29, 1.82) is 0 Å². The first-order valence-corrected chi connectivity index (χ1v) is 9.48. The average Bonchev–Trinajstić information content (AvgIpc) is 3.25. The summed E-state index contributed by atoms with van der Waals surface area (Å²) in [5.41, 5.74) is 8.89. The van der Waals surface area contributed by atoms with Gasteiger partial charge in [-0.3, -0.25) is 9.48 Å². The second-order valence-electron chi connectivity index (χ2n) is 8.16. The summed E-state index contributed by atoms with van der Waals surface area (Å²) in [4.78, 5) is 15.2. The van der Waals surface area contributed by atoms with E-state index in [1.807, 2.05) is 15.6 Å². The van der Waals surface area contributed by atoms with Crippen molar-refractivity contribution in [3.05, 3.63) is 53.3 Å². The Morgan fingerprint density at radius 3 is 2.44 bits per heavy atom. The number of benzene rings is 1. The van der Waals surface area contributed by atoms with Crippen LogP contribution in [0, 0.1) is 5.92 Å². The third kappa shape index (κ3) is 4.19. The molecule has 5 nitrogen and oxygen atoms in total. The fraction of sp³-hybridized carbons (Fsp3) is 0.524. The predicted molar refractivity (Wildman–Crippen MR) is 111 cm³/mol. The molecule has 27 heavy (non-hydrogen) atoms. The molecular weight excluding hydrogens is 360 g/mol. The Labute approximate surface area is 168 Å². The maximum absolute atomic E-state index is 13.2. The molecule has 3 rings (SSSR count). The molecule has 1 aliphatic rings. The molecule has 0 unspecified atom stereocenters. The molecule has 1 fully saturated rings. The first-order chi connectivity index (χ1) is 12.4. The highest BCUT2D eigenvalue weighted by atomic mass is 35.5. The van der Waals surface area contributed by atoms with E-state index in [4.69, 9.17) is 5.73 Å². The van der Waals surface area contributed by atoms with Crippen LogP contribution in [-0.4, -0.2) is 40.2 Å². The summed E-state index contributed by atoms with van der Waals surface area (Å²) in [5, 5.41) is 4.51. The monoisotopic (exact) mass is 390 g/mol. The molecule has 1 aliphatic heterocycles. The van der Waals surface area contributed by atoms with Crippen molar-refractivity contribution in [3.8, 4) is 0 Å². The number of rotatable bonds is 4. The van der Waals surface area contributed by atoms with E-state index in [9.17, 15) is 4.79 Å². The van der Waals surface area contributed by atoms with Gasteiger partial charge in [-0.2, -0.15) is 5.10 Å². The van der Waals surface area contributed by atoms with Crippen molar-refractivity contribution in [1.82, 2.24) is 14.7 Å². The van der Waals surface area contributed by atoms with Crippen molar-refractivity contribution in [3.63, 3.8) is 0 Å². The highest BCUT2D eigenvalue weighted by Gasteiger charge is 2.37. The highest BCUT2D eigenvalue weighted by molar-refractivity contribution is 5.95. The minimum Gasteiger partial charge on any atom is -0.338 e. The van der Waals surface area contributed by atoms with Gasteiger partial charge in [0.25, 0.3) is 5.91 Å². The van der Waals surface area contributed by atoms with Crippen LogP contribution in [0.3, 0.4) is 0 Å². The fourth-order valence-electron chi connectivity index (χ4n) is 3.99. The van der Waals surface area contributed by atoms with Gasteiger partial charge in [-0.05, 0) is 45.2 Å². The number of nitrogens with two attached hydrogens (primary N) is 1. The lowest BCUT2D eigenvalue weighted by atomic mass is 9.89. The zero-order chi connectivity index (χ0) is 18.9. The zero-order valence-corrected chi connectivity index (χ0v) is 17.5. The number of hydrogen-bond donors (Lipinski definition) is 1. The van der Waals surface area contributed by atoms with Gasteiger partial charge in [0.2, 0.25) is 0 Å². The summed E-state index contributed by atoms with van der Waals surface area (Å²) >= 11 is 0. The molecule has 2 heterocycles. The molecule has 148 valence electrons. The van der Waals surface area contributed by atoms with Gasteiger partial charge in [0, 0.05) is 19.0 Å². The van der Waals surface area contributed by atoms with E-state index in [1.54, 1.807) is 6.20 Å². The summed E-state index contributed by atoms with van der Waals surface area (Å²) in [6, 6.07) is 10.4. The van der Waals surface area contributed by atoms with E-state index in [0.717, 1.165) is 17.7 Å². The first kappa shape index (κ1) is 21.5. The van der Waals surface area contributed by atoms with Crippen LogP contribution in [0.25, 0.3) is 0 Å². The number of likely N-dealkylation sites (tertiary alicyclic amines) is 1. The van der Waals surface area contributed by atoms with E-state index >= 15 is 0 Å². The summed E-state index contributed by atoms with van der Waals surface area (Å²) < 4.78 is 1.98. The molecule has 1 saturated heterocycles. The Kier molecular flexibility index (Phi) is 6.71. The molecular formula is C21H31ClN4O. The van der Waals surface area contributed by atoms with Gasteiger partial charge >= 0.3 is 0 Å². The van der Waals surface area contributed by atoms with Gasteiger partial charge in [0.05, 0.1) is 23.0 Å². The summed E-state index contributed by atoms with van der Waals surface area (Å²) in [5.74, 6) is 0.672. The van der Waals surface area contributed by atoms with Crippen molar-refractivity contribution >= 4 is 18.3 Å². The predicted octanol–water partition coefficient (Wildman–Crippen LogP) is 3.44. The molecule has 2 aromatic rings. The van der Waals surface area contributed by atoms with Crippen LogP contribution in [0.4, 0.5) is 0 Å². The number of hydrogen-bond acceptors (Lipinski definition) is 3. The molecule has 0 radical (unpaired) electrons. The van der Waals surface area contributed by atoms with Crippen molar-refractivity contribution in [2.24, 2.45) is 11.7 Å². The molecule has 1 aromatic carbocycles. The van der Waals surface area contributed by atoms with Crippen LogP contribution in [0.5, 0.6) is 0 Å². The maximum atomic E-state index is 13.2. The fourth-order valence-corrected chi connectivity index (χ4v) is 3.99. The summed E-state index contributed by atoms with van der Waals surface area (Å²) in [7, 11) is 0. The topological polar surface area (TPSA) is 64.2 Å². The first-order valence-electron chi connectivity index (χ1n) is 9.48. The number of nitrogens with zero attached hydrogens (tertiary/aromatic N) is 3.